The van der Waals surface area contributed by atoms with Crippen molar-refractivity contribution >= 4 is 11.3 Å². The van der Waals surface area contributed by atoms with Crippen LogP contribution in [0.2, 0.25) is 0 Å². The number of rotatable bonds is 3. The Morgan fingerprint density at radius 3 is 2.75 bits per heavy atom. The van der Waals surface area contributed by atoms with Crippen molar-refractivity contribution in [1.82, 2.24) is 19.4 Å². The predicted octanol–water partition coefficient (Wildman–Crippen LogP) is 3.31. The molecule has 1 fully saturated rings. The molecule has 1 aromatic carbocycles. The van der Waals surface area contributed by atoms with Gasteiger partial charge in [-0.05, 0) is 17.4 Å². The Morgan fingerprint density at radius 1 is 1.04 bits per heavy atom. The maximum atomic E-state index is 4.73. The Hall–Kier alpha value is -1.98. The minimum absolute atomic E-state index is 0.731. The Labute approximate surface area is 145 Å². The van der Waals surface area contributed by atoms with Gasteiger partial charge in [0.15, 0.2) is 0 Å². The van der Waals surface area contributed by atoms with Gasteiger partial charge >= 0.3 is 0 Å². The number of nitrogens with zero attached hydrogens (tertiary/aromatic N) is 4. The van der Waals surface area contributed by atoms with Crippen LogP contribution in [-0.2, 0) is 19.5 Å². The number of imidazole rings is 1. The van der Waals surface area contributed by atoms with E-state index in [9.17, 15) is 0 Å². The van der Waals surface area contributed by atoms with Crippen LogP contribution in [0.1, 0.15) is 10.8 Å². The van der Waals surface area contributed by atoms with Crippen LogP contribution in [0.25, 0.3) is 11.3 Å². The number of aromatic nitrogens is 3. The zero-order chi connectivity index (χ0) is 15.9. The molecule has 4 heterocycles. The summed E-state index contributed by atoms with van der Waals surface area (Å²) in [6, 6.07) is 10.6. The highest BCUT2D eigenvalue weighted by Crippen LogP contribution is 2.35. The molecule has 24 heavy (non-hydrogen) atoms. The molecule has 0 saturated carbocycles. The molecule has 4 nitrogen and oxygen atoms in total. The lowest BCUT2D eigenvalue weighted by Crippen LogP contribution is -2.28. The van der Waals surface area contributed by atoms with Gasteiger partial charge in [0, 0.05) is 37.6 Å². The van der Waals surface area contributed by atoms with Crippen LogP contribution in [0.3, 0.4) is 0 Å². The lowest BCUT2D eigenvalue weighted by Gasteiger charge is -2.27. The first-order valence-electron chi connectivity index (χ1n) is 8.57. The van der Waals surface area contributed by atoms with Crippen LogP contribution in [0.5, 0.6) is 0 Å². The molecular formula is C19H20N4S. The summed E-state index contributed by atoms with van der Waals surface area (Å²) >= 11 is 1.76. The molecule has 1 saturated heterocycles. The van der Waals surface area contributed by atoms with Crippen molar-refractivity contribution < 1.29 is 0 Å². The largest absolute Gasteiger partial charge is 0.328 e. The molecule has 2 aromatic heterocycles. The molecule has 0 radical (unpaired) electrons. The summed E-state index contributed by atoms with van der Waals surface area (Å²) in [5.74, 6) is 2.73. The molecule has 0 bridgehead atoms. The van der Waals surface area contributed by atoms with Crippen molar-refractivity contribution in [3.8, 4) is 11.3 Å². The van der Waals surface area contributed by atoms with Gasteiger partial charge in [-0.2, -0.15) is 0 Å². The Balaban J connectivity index is 1.37. The maximum Gasteiger partial charge on any atom is 0.109 e. The van der Waals surface area contributed by atoms with Gasteiger partial charge in [-0.25, -0.2) is 9.97 Å². The minimum atomic E-state index is 0.731. The fourth-order valence-corrected chi connectivity index (χ4v) is 4.87. The summed E-state index contributed by atoms with van der Waals surface area (Å²) in [7, 11) is 0. The second kappa shape index (κ2) is 5.83. The third kappa shape index (κ3) is 2.48. The molecule has 2 aliphatic heterocycles. The van der Waals surface area contributed by atoms with Gasteiger partial charge in [0.2, 0.25) is 0 Å². The van der Waals surface area contributed by atoms with E-state index in [1.807, 2.05) is 6.20 Å². The fraction of sp³-hybridized carbons (Fsp3) is 0.368. The number of benzene rings is 1. The average molecular weight is 336 g/mol. The lowest BCUT2D eigenvalue weighted by atomic mass is 9.89. The van der Waals surface area contributed by atoms with Crippen molar-refractivity contribution in [1.29, 1.82) is 0 Å². The molecule has 5 heteroatoms. The van der Waals surface area contributed by atoms with E-state index in [1.165, 1.54) is 35.2 Å². The molecule has 5 rings (SSSR count). The molecule has 0 spiro atoms. The normalized spacial score (nSPS) is 23.2. The summed E-state index contributed by atoms with van der Waals surface area (Å²) in [5.41, 5.74) is 2.54. The van der Waals surface area contributed by atoms with Gasteiger partial charge in [0.05, 0.1) is 18.4 Å². The zero-order valence-corrected chi connectivity index (χ0v) is 14.3. The number of hydrogen-bond donors (Lipinski definition) is 0. The maximum absolute atomic E-state index is 4.73. The topological polar surface area (TPSA) is 34.0 Å². The molecular weight excluding hydrogens is 316 g/mol. The van der Waals surface area contributed by atoms with Gasteiger partial charge in [-0.15, -0.1) is 11.3 Å². The van der Waals surface area contributed by atoms with Crippen molar-refractivity contribution in [2.45, 2.75) is 19.5 Å². The van der Waals surface area contributed by atoms with Crippen LogP contribution in [0.15, 0.2) is 48.1 Å². The van der Waals surface area contributed by atoms with Crippen molar-refractivity contribution in [2.75, 3.05) is 13.1 Å². The summed E-state index contributed by atoms with van der Waals surface area (Å²) in [6.07, 6.45) is 5.07. The number of likely N-dealkylation sites (tertiary alicyclic amines) is 1. The minimum Gasteiger partial charge on any atom is -0.328 e. The van der Waals surface area contributed by atoms with E-state index in [0.717, 1.165) is 31.3 Å². The van der Waals surface area contributed by atoms with Crippen LogP contribution >= 0.6 is 11.3 Å². The summed E-state index contributed by atoms with van der Waals surface area (Å²) < 4.78 is 2.45. The van der Waals surface area contributed by atoms with E-state index in [0.29, 0.717) is 0 Å². The third-order valence-electron chi connectivity index (χ3n) is 5.36. The van der Waals surface area contributed by atoms with Crippen LogP contribution < -0.4 is 0 Å². The van der Waals surface area contributed by atoms with Gasteiger partial charge in [-0.1, -0.05) is 30.3 Å². The summed E-state index contributed by atoms with van der Waals surface area (Å²) in [4.78, 5) is 11.7. The van der Waals surface area contributed by atoms with Gasteiger partial charge in [0.25, 0.3) is 0 Å². The highest BCUT2D eigenvalue weighted by atomic mass is 32.1. The van der Waals surface area contributed by atoms with Crippen LogP contribution in [0, 0.1) is 11.8 Å². The quantitative estimate of drug-likeness (QED) is 0.736. The first-order valence-corrected chi connectivity index (χ1v) is 9.45. The number of hydrogen-bond acceptors (Lipinski definition) is 4. The van der Waals surface area contributed by atoms with Gasteiger partial charge in [0.1, 0.15) is 10.8 Å². The Kier molecular flexibility index (Phi) is 3.49. The molecule has 0 amide bonds. The predicted molar refractivity (Wildman–Crippen MR) is 95.7 cm³/mol. The molecule has 2 aliphatic rings. The molecule has 2 atom stereocenters. The van der Waals surface area contributed by atoms with E-state index < -0.39 is 0 Å². The monoisotopic (exact) mass is 336 g/mol. The van der Waals surface area contributed by atoms with E-state index >= 15 is 0 Å². The van der Waals surface area contributed by atoms with E-state index in [-0.39, 0.29) is 0 Å². The van der Waals surface area contributed by atoms with Crippen molar-refractivity contribution in [3.05, 3.63) is 58.9 Å². The standard InChI is InChI=1S/C19H20N4S/c1-2-4-14(5-3-1)17-9-21-18-8-15-10-22(11-16(15)12-23(17)18)13-19-20-6-7-24-19/h1-7,9,15-16H,8,10-13H2/t15-,16+/m1/s1. The van der Waals surface area contributed by atoms with Crippen LogP contribution in [0.4, 0.5) is 0 Å². The summed E-state index contributed by atoms with van der Waals surface area (Å²) in [6.45, 7) is 4.45. The van der Waals surface area contributed by atoms with Crippen LogP contribution in [-0.4, -0.2) is 32.5 Å². The van der Waals surface area contributed by atoms with Gasteiger partial charge in [-0.3, -0.25) is 4.90 Å². The van der Waals surface area contributed by atoms with Gasteiger partial charge < -0.3 is 4.57 Å². The number of thiazole rings is 1. The Morgan fingerprint density at radius 2 is 1.92 bits per heavy atom. The highest BCUT2D eigenvalue weighted by molar-refractivity contribution is 7.09. The Bertz CT molecular complexity index is 824. The second-order valence-corrected chi connectivity index (χ2v) is 7.86. The molecule has 0 N–H and O–H groups in total. The zero-order valence-electron chi connectivity index (χ0n) is 13.5. The molecule has 3 aromatic rings. The van der Waals surface area contributed by atoms with Crippen molar-refractivity contribution in [2.24, 2.45) is 11.8 Å². The van der Waals surface area contributed by atoms with Crippen molar-refractivity contribution in [3.63, 3.8) is 0 Å². The SMILES string of the molecule is c1ccc(-c2cnc3n2C[C@@H]2CN(Cc4nccs4)C[C@H]2C3)cc1. The van der Waals surface area contributed by atoms with E-state index in [4.69, 9.17) is 4.98 Å². The van der Waals surface area contributed by atoms with E-state index in [2.05, 4.69) is 56.4 Å². The molecule has 122 valence electrons. The first kappa shape index (κ1) is 14.4. The summed E-state index contributed by atoms with van der Waals surface area (Å²) in [5, 5.41) is 3.30. The smallest absolute Gasteiger partial charge is 0.109 e. The average Bonchev–Trinajstić information content (AvgIpc) is 3.32. The second-order valence-electron chi connectivity index (χ2n) is 6.88. The fourth-order valence-electron chi connectivity index (χ4n) is 4.21. The lowest BCUT2D eigenvalue weighted by molar-refractivity contribution is 0.306. The first-order chi connectivity index (χ1) is 11.9. The molecule has 0 aliphatic carbocycles. The van der Waals surface area contributed by atoms with E-state index in [1.54, 1.807) is 11.3 Å². The third-order valence-corrected chi connectivity index (χ3v) is 6.13. The highest BCUT2D eigenvalue weighted by Gasteiger charge is 2.38. The number of fused-ring (bicyclic) bond motifs is 2. The molecule has 0 unspecified atom stereocenters.